The zero-order chi connectivity index (χ0) is 51.9. The monoisotopic (exact) mass is 991 g/mol. The van der Waals surface area contributed by atoms with Gasteiger partial charge in [-0.15, -0.1) is 6.58 Å². The van der Waals surface area contributed by atoms with Gasteiger partial charge in [-0.25, -0.2) is 4.79 Å². The highest BCUT2D eigenvalue weighted by Crippen LogP contribution is 2.23. The van der Waals surface area contributed by atoms with Crippen molar-refractivity contribution in [2.24, 2.45) is 5.92 Å². The van der Waals surface area contributed by atoms with E-state index in [0.717, 1.165) is 83.8 Å². The lowest BCUT2D eigenvalue weighted by molar-refractivity contribution is -0.155. The minimum atomic E-state index is -0.742. The largest absolute Gasteiger partial charge is 0.465 e. The third-order valence-corrected chi connectivity index (χ3v) is 12.4. The molecule has 0 bridgehead atoms. The number of ether oxygens (including phenoxy) is 7. The predicted molar refractivity (Wildman–Crippen MR) is 279 cm³/mol. The maximum Gasteiger partial charge on any atom is 0.407 e. The first kappa shape index (κ1) is 64.0. The summed E-state index contributed by atoms with van der Waals surface area (Å²) >= 11 is 0. The third-order valence-electron chi connectivity index (χ3n) is 12.4. The molecule has 14 heteroatoms. The van der Waals surface area contributed by atoms with Crippen molar-refractivity contribution in [2.75, 3.05) is 59.4 Å². The second-order valence-electron chi connectivity index (χ2n) is 19.8. The number of rotatable bonds is 43. The number of hydrogen-bond donors (Lipinski definition) is 1. The molecule has 1 aliphatic heterocycles. The maximum absolute atomic E-state index is 13.1. The van der Waals surface area contributed by atoms with Crippen molar-refractivity contribution in [1.29, 1.82) is 0 Å². The first-order valence-electron chi connectivity index (χ1n) is 26.6. The van der Waals surface area contributed by atoms with Crippen LogP contribution in [0.1, 0.15) is 198 Å². The van der Waals surface area contributed by atoms with E-state index >= 15 is 0 Å². The summed E-state index contributed by atoms with van der Waals surface area (Å²) < 4.78 is 40.0. The number of carbonyl (C=O) groups is 5. The van der Waals surface area contributed by atoms with Gasteiger partial charge >= 0.3 is 30.0 Å². The minimum absolute atomic E-state index is 0. The topological polar surface area (TPSA) is 165 Å². The van der Waals surface area contributed by atoms with Gasteiger partial charge < -0.3 is 43.4 Å². The zero-order valence-corrected chi connectivity index (χ0v) is 44.9. The molecule has 4 unspecified atom stereocenters. The molecule has 70 heavy (non-hydrogen) atoms. The van der Waals surface area contributed by atoms with E-state index in [1.807, 2.05) is 33.8 Å². The first-order valence-corrected chi connectivity index (χ1v) is 26.6. The van der Waals surface area contributed by atoms with Crippen LogP contribution in [0.3, 0.4) is 0 Å². The standard InChI is InChI=1S/C56H96N2O12.H2/c1-10-13-14-18-29-49(69-54(63)57-37-40-58-38-22-23-39-58)33-34-52(61)67-44-48(43-66-51(60)31-20-17-21-32-53(62)70-56(9,12-3)36-26-28-47(6)7)42-65-50(59)30-19-15-16-24-41-64-45-68-55(8,11-2)35-25-27-46(4)5;/h11-12,27-28,48-49H,2-3,10,13-26,29-45H2,1,4-9H3,(H,57,63);1H. The van der Waals surface area contributed by atoms with Gasteiger partial charge in [0.1, 0.15) is 38.3 Å². The Labute approximate surface area is 424 Å². The van der Waals surface area contributed by atoms with Crippen molar-refractivity contribution in [1.82, 2.24) is 10.2 Å². The SMILES string of the molecule is C=CC(C)(CCC=C(C)C)OCOCCCCCCC(=O)OCC(COC(=O)CCCCCC(=O)OC(C)(C=C)CCC=C(C)C)COC(=O)CCC(CCCCCC)OC(=O)NCCN1CCCC1.[HH]. The smallest absolute Gasteiger partial charge is 0.407 e. The average Bonchev–Trinajstić information content (AvgIpc) is 3.84. The number of nitrogens with zero attached hydrogens (tertiary/aromatic N) is 1. The van der Waals surface area contributed by atoms with Crippen LogP contribution in [0.4, 0.5) is 4.79 Å². The molecule has 1 heterocycles. The van der Waals surface area contributed by atoms with Crippen LogP contribution in [0.25, 0.3) is 0 Å². The van der Waals surface area contributed by atoms with Gasteiger partial charge in [0, 0.05) is 46.8 Å². The molecule has 0 aromatic carbocycles. The van der Waals surface area contributed by atoms with Crippen LogP contribution in [-0.2, 0) is 52.3 Å². The highest BCUT2D eigenvalue weighted by atomic mass is 16.7. The Morgan fingerprint density at radius 2 is 1.17 bits per heavy atom. The van der Waals surface area contributed by atoms with Crippen molar-refractivity contribution in [2.45, 2.75) is 213 Å². The van der Waals surface area contributed by atoms with E-state index in [1.54, 1.807) is 6.08 Å². The highest BCUT2D eigenvalue weighted by molar-refractivity contribution is 5.71. The van der Waals surface area contributed by atoms with Gasteiger partial charge in [-0.1, -0.05) is 81.4 Å². The van der Waals surface area contributed by atoms with Crippen molar-refractivity contribution >= 4 is 30.0 Å². The summed E-state index contributed by atoms with van der Waals surface area (Å²) in [5.41, 5.74) is 1.29. The van der Waals surface area contributed by atoms with E-state index in [-0.39, 0.29) is 65.7 Å². The molecule has 1 amide bonds. The van der Waals surface area contributed by atoms with Crippen LogP contribution in [0.2, 0.25) is 0 Å². The van der Waals surface area contributed by atoms with Gasteiger partial charge in [0.25, 0.3) is 0 Å². The van der Waals surface area contributed by atoms with Crippen molar-refractivity contribution in [3.8, 4) is 0 Å². The summed E-state index contributed by atoms with van der Waals surface area (Å²) in [6, 6.07) is 0. The summed E-state index contributed by atoms with van der Waals surface area (Å²) in [4.78, 5) is 66.3. The van der Waals surface area contributed by atoms with Gasteiger partial charge in [-0.3, -0.25) is 19.2 Å². The number of likely N-dealkylation sites (tertiary alicyclic amines) is 1. The number of hydrogen-bond acceptors (Lipinski definition) is 13. The number of carbonyl (C=O) groups excluding carboxylic acids is 5. The normalized spacial score (nSPS) is 15.0. The van der Waals surface area contributed by atoms with Gasteiger partial charge in [-0.05, 0) is 144 Å². The Hall–Kier alpha value is -4.01. The van der Waals surface area contributed by atoms with E-state index in [1.165, 1.54) is 24.0 Å². The van der Waals surface area contributed by atoms with E-state index in [0.29, 0.717) is 58.1 Å². The Morgan fingerprint density at radius 3 is 1.73 bits per heavy atom. The molecule has 0 aromatic heterocycles. The van der Waals surface area contributed by atoms with E-state index in [2.05, 4.69) is 56.3 Å². The Morgan fingerprint density at radius 1 is 0.657 bits per heavy atom. The van der Waals surface area contributed by atoms with Gasteiger partial charge in [0.15, 0.2) is 0 Å². The second kappa shape index (κ2) is 39.6. The number of amides is 1. The van der Waals surface area contributed by atoms with E-state index in [9.17, 15) is 24.0 Å². The number of nitrogens with one attached hydrogen (secondary N) is 1. The number of esters is 4. The molecule has 0 saturated carbocycles. The summed E-state index contributed by atoms with van der Waals surface area (Å²) in [6.45, 7) is 25.8. The lowest BCUT2D eigenvalue weighted by Crippen LogP contribution is -2.35. The molecular weight excluding hydrogens is 893 g/mol. The van der Waals surface area contributed by atoms with Gasteiger partial charge in [-0.2, -0.15) is 0 Å². The molecule has 1 fully saturated rings. The summed E-state index contributed by atoms with van der Waals surface area (Å²) in [7, 11) is 0. The molecule has 0 spiro atoms. The van der Waals surface area contributed by atoms with Crippen LogP contribution in [-0.4, -0.2) is 112 Å². The zero-order valence-electron chi connectivity index (χ0n) is 44.9. The Kier molecular flexibility index (Phi) is 36.2. The molecule has 0 aromatic rings. The van der Waals surface area contributed by atoms with Crippen molar-refractivity contribution in [3.63, 3.8) is 0 Å². The van der Waals surface area contributed by atoms with Gasteiger partial charge in [0.2, 0.25) is 0 Å². The molecule has 404 valence electrons. The third kappa shape index (κ3) is 35.1. The van der Waals surface area contributed by atoms with E-state index in [4.69, 9.17) is 33.2 Å². The maximum atomic E-state index is 13.1. The van der Waals surface area contributed by atoms with Crippen LogP contribution < -0.4 is 5.32 Å². The van der Waals surface area contributed by atoms with Crippen molar-refractivity contribution in [3.05, 3.63) is 48.6 Å². The molecule has 14 nitrogen and oxygen atoms in total. The van der Waals surface area contributed by atoms with E-state index < -0.39 is 41.3 Å². The van der Waals surface area contributed by atoms with Crippen LogP contribution in [0, 0.1) is 5.92 Å². The fraction of sp³-hybridized carbons (Fsp3) is 0.768. The average molecular weight is 991 g/mol. The second-order valence-corrected chi connectivity index (χ2v) is 19.8. The molecule has 1 rings (SSSR count). The number of unbranched alkanes of at least 4 members (excludes halogenated alkanes) is 8. The highest BCUT2D eigenvalue weighted by Gasteiger charge is 2.25. The number of alkyl carbamates (subject to hydrolysis) is 1. The molecule has 1 saturated heterocycles. The fourth-order valence-corrected chi connectivity index (χ4v) is 7.66. The van der Waals surface area contributed by atoms with Gasteiger partial charge in [0.05, 0.1) is 11.5 Å². The Balaban J connectivity index is 0.0000490. The molecule has 0 radical (unpaired) electrons. The predicted octanol–water partition coefficient (Wildman–Crippen LogP) is 12.2. The summed E-state index contributed by atoms with van der Waals surface area (Å²) in [5, 5.41) is 2.86. The minimum Gasteiger partial charge on any atom is -0.465 e. The molecular formula is C56H98N2O12. The summed E-state index contributed by atoms with van der Waals surface area (Å²) in [5.74, 6) is -2.19. The van der Waals surface area contributed by atoms with Crippen LogP contribution in [0.5, 0.6) is 0 Å². The molecule has 1 aliphatic rings. The molecule has 1 N–H and O–H groups in total. The summed E-state index contributed by atoms with van der Waals surface area (Å²) in [6.07, 6.45) is 22.9. The quantitative estimate of drug-likeness (QED) is 0.0202. The molecule has 4 atom stereocenters. The van der Waals surface area contributed by atoms with Crippen LogP contribution >= 0.6 is 0 Å². The fourth-order valence-electron chi connectivity index (χ4n) is 7.66. The lowest BCUT2D eigenvalue weighted by Gasteiger charge is -2.25. The lowest BCUT2D eigenvalue weighted by atomic mass is 9.99. The Bertz CT molecular complexity index is 1560. The van der Waals surface area contributed by atoms with Crippen molar-refractivity contribution < 1.29 is 58.6 Å². The van der Waals surface area contributed by atoms with Crippen LogP contribution in [0.15, 0.2) is 48.6 Å². The first-order chi connectivity index (χ1) is 33.5. The number of allylic oxidation sites excluding steroid dienone is 4. The molecule has 0 aliphatic carbocycles.